The van der Waals surface area contributed by atoms with Gasteiger partial charge < -0.3 is 0 Å². The number of nitrogens with zero attached hydrogens (tertiary/aromatic N) is 2. The van der Waals surface area contributed by atoms with Crippen molar-refractivity contribution in [2.24, 2.45) is 0 Å². The van der Waals surface area contributed by atoms with E-state index in [1.54, 1.807) is 42.6 Å². The molecular weight excluding hydrogens is 419 g/mol. The first-order chi connectivity index (χ1) is 13.5. The molecule has 2 aromatic carbocycles. The molecule has 1 amide bonds. The number of carbonyl (C=O) groups excluding carboxylic acids is 1. The molecule has 0 unspecified atom stereocenters. The van der Waals surface area contributed by atoms with Gasteiger partial charge in [-0.3, -0.25) is 14.9 Å². The van der Waals surface area contributed by atoms with Crippen molar-refractivity contribution in [2.45, 2.75) is 6.42 Å². The maximum Gasteiger partial charge on any atom is 0.278 e. The van der Waals surface area contributed by atoms with Gasteiger partial charge in [-0.1, -0.05) is 47.5 Å². The molecule has 0 saturated heterocycles. The normalized spacial score (nSPS) is 10.9. The molecule has 0 bridgehead atoms. The Morgan fingerprint density at radius 2 is 1.93 bits per heavy atom. The fraction of sp³-hybridized carbons (Fsp3) is 0.0526. The second-order valence-electron chi connectivity index (χ2n) is 5.95. The number of carbonyl (C=O) groups is 1. The number of anilines is 1. The number of hydrogen-bond donors (Lipinski definition) is 2. The highest BCUT2D eigenvalue weighted by atomic mass is 35.5. The Morgan fingerprint density at radius 3 is 2.71 bits per heavy atom. The second kappa shape index (κ2) is 7.71. The van der Waals surface area contributed by atoms with Crippen LogP contribution >= 0.6 is 34.5 Å². The summed E-state index contributed by atoms with van der Waals surface area (Å²) in [6.45, 7) is 0. The van der Waals surface area contributed by atoms with E-state index in [4.69, 9.17) is 23.2 Å². The number of nitrogens with one attached hydrogen (secondary N) is 2. The SMILES string of the molecule is O=C(Nc1ncc(Cc2ccc(Cl)cc2Cl)s1)c1n[nH]c(=O)c2ccccc12. The van der Waals surface area contributed by atoms with E-state index < -0.39 is 5.91 Å². The lowest BCUT2D eigenvalue weighted by Gasteiger charge is -2.04. The first-order valence-corrected chi connectivity index (χ1v) is 9.76. The van der Waals surface area contributed by atoms with Gasteiger partial charge in [0.2, 0.25) is 0 Å². The third-order valence-corrected chi connectivity index (χ3v) is 5.56. The fourth-order valence-electron chi connectivity index (χ4n) is 2.74. The zero-order chi connectivity index (χ0) is 19.7. The van der Waals surface area contributed by atoms with Gasteiger partial charge >= 0.3 is 0 Å². The number of hydrogen-bond acceptors (Lipinski definition) is 5. The predicted octanol–water partition coefficient (Wildman–Crippen LogP) is 4.53. The van der Waals surface area contributed by atoms with Crippen molar-refractivity contribution in [3.05, 3.63) is 85.2 Å². The molecule has 2 aromatic heterocycles. The number of benzene rings is 2. The van der Waals surface area contributed by atoms with Crippen molar-refractivity contribution >= 4 is 56.3 Å². The molecule has 0 spiro atoms. The highest BCUT2D eigenvalue weighted by molar-refractivity contribution is 7.15. The van der Waals surface area contributed by atoms with Crippen molar-refractivity contribution in [2.75, 3.05) is 5.32 Å². The molecule has 0 saturated carbocycles. The number of aromatic amines is 1. The van der Waals surface area contributed by atoms with Gasteiger partial charge in [0, 0.05) is 32.9 Å². The number of thiazole rings is 1. The Kier molecular flexibility index (Phi) is 5.13. The third kappa shape index (κ3) is 3.77. The van der Waals surface area contributed by atoms with E-state index in [-0.39, 0.29) is 11.3 Å². The first kappa shape index (κ1) is 18.6. The molecule has 4 aromatic rings. The van der Waals surface area contributed by atoms with Gasteiger partial charge in [0.25, 0.3) is 11.5 Å². The zero-order valence-electron chi connectivity index (χ0n) is 14.2. The summed E-state index contributed by atoms with van der Waals surface area (Å²) < 4.78 is 0. The maximum atomic E-state index is 12.6. The molecule has 4 rings (SSSR count). The molecule has 140 valence electrons. The van der Waals surface area contributed by atoms with E-state index in [0.717, 1.165) is 10.4 Å². The quantitative estimate of drug-likeness (QED) is 0.497. The minimum atomic E-state index is -0.446. The smallest absolute Gasteiger partial charge is 0.278 e. The summed E-state index contributed by atoms with van der Waals surface area (Å²) in [7, 11) is 0. The minimum absolute atomic E-state index is 0.132. The molecule has 0 aliphatic carbocycles. The van der Waals surface area contributed by atoms with Crippen LogP contribution in [0.15, 0.2) is 53.5 Å². The number of H-pyrrole nitrogens is 1. The summed E-state index contributed by atoms with van der Waals surface area (Å²) in [5.41, 5.74) is 0.706. The monoisotopic (exact) mass is 430 g/mol. The molecule has 6 nitrogen and oxygen atoms in total. The number of halogens is 2. The van der Waals surface area contributed by atoms with Gasteiger partial charge in [-0.15, -0.1) is 11.3 Å². The van der Waals surface area contributed by atoms with Gasteiger partial charge in [0.1, 0.15) is 0 Å². The summed E-state index contributed by atoms with van der Waals surface area (Å²) in [4.78, 5) is 29.7. The number of amides is 1. The second-order valence-corrected chi connectivity index (χ2v) is 7.90. The van der Waals surface area contributed by atoms with Gasteiger partial charge in [0.05, 0.1) is 5.39 Å². The summed E-state index contributed by atoms with van der Waals surface area (Å²) in [5.74, 6) is -0.446. The van der Waals surface area contributed by atoms with Gasteiger partial charge in [-0.2, -0.15) is 5.10 Å². The van der Waals surface area contributed by atoms with Crippen LogP contribution < -0.4 is 10.9 Å². The fourth-order valence-corrected chi connectivity index (χ4v) is 4.05. The van der Waals surface area contributed by atoms with E-state index in [1.165, 1.54) is 11.3 Å². The number of fused-ring (bicyclic) bond motifs is 1. The Morgan fingerprint density at radius 1 is 1.14 bits per heavy atom. The van der Waals surface area contributed by atoms with Crippen LogP contribution in [0.3, 0.4) is 0 Å². The Balaban J connectivity index is 1.55. The van der Waals surface area contributed by atoms with E-state index in [0.29, 0.717) is 32.4 Å². The summed E-state index contributed by atoms with van der Waals surface area (Å²) in [6.07, 6.45) is 2.26. The summed E-state index contributed by atoms with van der Waals surface area (Å²) in [5, 5.41) is 11.4. The van der Waals surface area contributed by atoms with Crippen molar-refractivity contribution in [1.29, 1.82) is 0 Å². The lowest BCUT2D eigenvalue weighted by molar-refractivity contribution is 0.102. The Bertz CT molecular complexity index is 1250. The predicted molar refractivity (Wildman–Crippen MR) is 112 cm³/mol. The largest absolute Gasteiger partial charge is 0.296 e. The van der Waals surface area contributed by atoms with Crippen LogP contribution in [0.2, 0.25) is 10.0 Å². The number of rotatable bonds is 4. The molecule has 2 heterocycles. The maximum absolute atomic E-state index is 12.6. The van der Waals surface area contributed by atoms with E-state index in [2.05, 4.69) is 20.5 Å². The molecule has 0 radical (unpaired) electrons. The van der Waals surface area contributed by atoms with Crippen LogP contribution in [-0.2, 0) is 6.42 Å². The van der Waals surface area contributed by atoms with Crippen LogP contribution in [0.5, 0.6) is 0 Å². The molecule has 2 N–H and O–H groups in total. The highest BCUT2D eigenvalue weighted by Gasteiger charge is 2.16. The minimum Gasteiger partial charge on any atom is -0.296 e. The zero-order valence-corrected chi connectivity index (χ0v) is 16.5. The van der Waals surface area contributed by atoms with Crippen LogP contribution in [0.1, 0.15) is 20.9 Å². The van der Waals surface area contributed by atoms with Crippen molar-refractivity contribution in [1.82, 2.24) is 15.2 Å². The van der Waals surface area contributed by atoms with Crippen LogP contribution in [0.4, 0.5) is 5.13 Å². The van der Waals surface area contributed by atoms with Gasteiger partial charge in [-0.25, -0.2) is 10.1 Å². The molecule has 0 aliphatic rings. The number of aromatic nitrogens is 3. The van der Waals surface area contributed by atoms with E-state index >= 15 is 0 Å². The Hall–Kier alpha value is -2.74. The molecular formula is C19H12Cl2N4O2S. The average Bonchev–Trinajstić information content (AvgIpc) is 3.11. The van der Waals surface area contributed by atoms with E-state index in [9.17, 15) is 9.59 Å². The lowest BCUT2D eigenvalue weighted by Crippen LogP contribution is -2.19. The molecule has 9 heteroatoms. The molecule has 0 fully saturated rings. The van der Waals surface area contributed by atoms with Crippen LogP contribution in [0.25, 0.3) is 10.8 Å². The van der Waals surface area contributed by atoms with E-state index in [1.807, 2.05) is 6.07 Å². The highest BCUT2D eigenvalue weighted by Crippen LogP contribution is 2.27. The summed E-state index contributed by atoms with van der Waals surface area (Å²) >= 11 is 13.5. The topological polar surface area (TPSA) is 87.7 Å². The van der Waals surface area contributed by atoms with Gasteiger partial charge in [0.15, 0.2) is 10.8 Å². The standard InChI is InChI=1S/C19H12Cl2N4O2S/c20-11-6-5-10(15(21)8-11)7-12-9-22-19(28-12)23-18(27)16-13-3-1-2-4-14(13)17(26)25-24-16/h1-6,8-9H,7H2,(H,25,26)(H,22,23,27). The van der Waals surface area contributed by atoms with Crippen molar-refractivity contribution in [3.63, 3.8) is 0 Å². The van der Waals surface area contributed by atoms with Crippen LogP contribution in [-0.4, -0.2) is 21.1 Å². The van der Waals surface area contributed by atoms with Crippen molar-refractivity contribution in [3.8, 4) is 0 Å². The Labute approximate surface area is 173 Å². The first-order valence-electron chi connectivity index (χ1n) is 8.18. The van der Waals surface area contributed by atoms with Gasteiger partial charge in [-0.05, 0) is 23.8 Å². The molecule has 0 aliphatic heterocycles. The molecule has 0 atom stereocenters. The third-order valence-electron chi connectivity index (χ3n) is 4.06. The lowest BCUT2D eigenvalue weighted by atomic mass is 10.1. The molecule has 28 heavy (non-hydrogen) atoms. The summed E-state index contributed by atoms with van der Waals surface area (Å²) in [6, 6.07) is 12.1. The van der Waals surface area contributed by atoms with Crippen molar-refractivity contribution < 1.29 is 4.79 Å². The van der Waals surface area contributed by atoms with Crippen LogP contribution in [0, 0.1) is 0 Å². The average molecular weight is 431 g/mol.